The molecule has 1 aromatic heterocycles. The van der Waals surface area contributed by atoms with E-state index in [0.29, 0.717) is 11.5 Å². The Kier molecular flexibility index (Phi) is 4.80. The number of rotatable bonds is 5. The Morgan fingerprint density at radius 3 is 2.70 bits per heavy atom. The summed E-state index contributed by atoms with van der Waals surface area (Å²) in [6, 6.07) is 21.5. The molecule has 5 rings (SSSR count). The molecule has 2 heterocycles. The predicted octanol–water partition coefficient (Wildman–Crippen LogP) is 4.33. The van der Waals surface area contributed by atoms with E-state index in [1.54, 1.807) is 0 Å². The molecule has 0 spiro atoms. The summed E-state index contributed by atoms with van der Waals surface area (Å²) in [6.45, 7) is 0. The molecule has 6 nitrogen and oxygen atoms in total. The van der Waals surface area contributed by atoms with Crippen molar-refractivity contribution in [1.82, 2.24) is 9.97 Å². The molecule has 1 aliphatic rings. The lowest BCUT2D eigenvalue weighted by atomic mass is 10.1. The second kappa shape index (κ2) is 7.76. The number of nitrogens with zero attached hydrogens (tertiary/aromatic N) is 2. The lowest BCUT2D eigenvalue weighted by Gasteiger charge is -2.09. The number of carbonyl (C=O) groups excluding carboxylic acids is 2. The van der Waals surface area contributed by atoms with Crippen LogP contribution < -0.4 is 5.32 Å². The van der Waals surface area contributed by atoms with Crippen molar-refractivity contribution in [3.8, 4) is 0 Å². The SMILES string of the molecule is O=C(C[C@@H]1SC(Cc2nc3ccccc3[nH]2)=NC1=O)Nc1ccc2ccccc2c1. The number of fused-ring (bicyclic) bond motifs is 2. The first kappa shape index (κ1) is 18.6. The minimum absolute atomic E-state index is 0.0868. The monoisotopic (exact) mass is 414 g/mol. The molecule has 148 valence electrons. The van der Waals surface area contributed by atoms with Crippen molar-refractivity contribution in [2.24, 2.45) is 4.99 Å². The molecular weight excluding hydrogens is 396 g/mol. The highest BCUT2D eigenvalue weighted by molar-refractivity contribution is 8.15. The number of nitrogens with one attached hydrogen (secondary N) is 2. The summed E-state index contributed by atoms with van der Waals surface area (Å²) in [7, 11) is 0. The van der Waals surface area contributed by atoms with Gasteiger partial charge in [0.1, 0.15) is 11.1 Å². The van der Waals surface area contributed by atoms with Crippen molar-refractivity contribution in [1.29, 1.82) is 0 Å². The zero-order valence-corrected chi connectivity index (χ0v) is 16.8. The zero-order chi connectivity index (χ0) is 20.5. The van der Waals surface area contributed by atoms with Gasteiger partial charge >= 0.3 is 0 Å². The van der Waals surface area contributed by atoms with Crippen molar-refractivity contribution in [3.05, 3.63) is 72.6 Å². The fourth-order valence-electron chi connectivity index (χ4n) is 3.53. The third-order valence-electron chi connectivity index (χ3n) is 4.95. The highest BCUT2D eigenvalue weighted by Gasteiger charge is 2.30. The Labute approximate surface area is 176 Å². The molecule has 0 fully saturated rings. The van der Waals surface area contributed by atoms with E-state index in [1.807, 2.05) is 66.7 Å². The summed E-state index contributed by atoms with van der Waals surface area (Å²) < 4.78 is 0. The third-order valence-corrected chi connectivity index (χ3v) is 6.11. The van der Waals surface area contributed by atoms with Crippen LogP contribution in [0.1, 0.15) is 12.2 Å². The summed E-state index contributed by atoms with van der Waals surface area (Å²) in [5, 5.41) is 5.24. The van der Waals surface area contributed by atoms with E-state index >= 15 is 0 Å². The third kappa shape index (κ3) is 3.84. The van der Waals surface area contributed by atoms with Gasteiger partial charge in [-0.3, -0.25) is 9.59 Å². The molecule has 0 saturated carbocycles. The van der Waals surface area contributed by atoms with Crippen LogP contribution in [0.2, 0.25) is 0 Å². The summed E-state index contributed by atoms with van der Waals surface area (Å²) in [4.78, 5) is 36.7. The Balaban J connectivity index is 1.21. The van der Waals surface area contributed by atoms with Crippen LogP contribution in [-0.4, -0.2) is 32.1 Å². The number of carbonyl (C=O) groups is 2. The Hall–Kier alpha value is -3.45. The van der Waals surface area contributed by atoms with Gasteiger partial charge in [-0.15, -0.1) is 0 Å². The number of para-hydroxylation sites is 2. The van der Waals surface area contributed by atoms with E-state index < -0.39 is 5.25 Å². The average molecular weight is 414 g/mol. The van der Waals surface area contributed by atoms with Crippen molar-refractivity contribution < 1.29 is 9.59 Å². The largest absolute Gasteiger partial charge is 0.342 e. The number of aliphatic imine (C=N–C) groups is 1. The summed E-state index contributed by atoms with van der Waals surface area (Å²) in [6.07, 6.45) is 0.539. The number of thioether (sulfide) groups is 1. The number of hydrogen-bond acceptors (Lipinski definition) is 4. The number of imidazole rings is 1. The maximum absolute atomic E-state index is 12.5. The zero-order valence-electron chi connectivity index (χ0n) is 16.0. The fourth-order valence-corrected chi connectivity index (χ4v) is 4.61. The standard InChI is InChI=1S/C23H18N4O2S/c28-21(24-16-10-9-14-5-1-2-6-15(14)11-16)12-19-23(29)27-22(30-19)13-20-25-17-7-3-4-8-18(17)26-20/h1-11,19H,12-13H2,(H,24,28)(H,25,26)/t19-/m0/s1. The fraction of sp³-hybridized carbons (Fsp3) is 0.130. The van der Waals surface area contributed by atoms with E-state index in [-0.39, 0.29) is 18.2 Å². The molecule has 0 saturated heterocycles. The molecule has 30 heavy (non-hydrogen) atoms. The molecule has 0 aliphatic carbocycles. The number of benzene rings is 3. The molecule has 2 amide bonds. The Morgan fingerprint density at radius 1 is 1.03 bits per heavy atom. The van der Waals surface area contributed by atoms with E-state index in [4.69, 9.17) is 0 Å². The van der Waals surface area contributed by atoms with Crippen molar-refractivity contribution in [3.63, 3.8) is 0 Å². The molecule has 0 radical (unpaired) electrons. The van der Waals surface area contributed by atoms with Crippen LogP contribution in [-0.2, 0) is 16.0 Å². The van der Waals surface area contributed by atoms with Gasteiger partial charge in [0.15, 0.2) is 0 Å². The molecular formula is C23H18N4O2S. The minimum atomic E-state index is -0.496. The van der Waals surface area contributed by atoms with Gasteiger partial charge in [-0.25, -0.2) is 9.98 Å². The molecule has 1 aliphatic heterocycles. The highest BCUT2D eigenvalue weighted by Crippen LogP contribution is 2.28. The second-order valence-electron chi connectivity index (χ2n) is 7.14. The van der Waals surface area contributed by atoms with Gasteiger partial charge in [0.2, 0.25) is 5.91 Å². The number of aromatic amines is 1. The molecule has 0 bridgehead atoms. The van der Waals surface area contributed by atoms with E-state index in [1.165, 1.54) is 11.8 Å². The first-order valence-corrected chi connectivity index (χ1v) is 10.5. The lowest BCUT2D eigenvalue weighted by molar-refractivity contribution is -0.121. The second-order valence-corrected chi connectivity index (χ2v) is 8.42. The van der Waals surface area contributed by atoms with E-state index in [9.17, 15) is 9.59 Å². The van der Waals surface area contributed by atoms with E-state index in [0.717, 1.165) is 33.3 Å². The first-order chi connectivity index (χ1) is 14.6. The van der Waals surface area contributed by atoms with Gasteiger partial charge in [-0.1, -0.05) is 54.2 Å². The van der Waals surface area contributed by atoms with Crippen LogP contribution in [0.25, 0.3) is 21.8 Å². The van der Waals surface area contributed by atoms with Gasteiger partial charge in [-0.05, 0) is 35.0 Å². The van der Waals surface area contributed by atoms with Crippen LogP contribution in [0.3, 0.4) is 0 Å². The van der Waals surface area contributed by atoms with Crippen LogP contribution >= 0.6 is 11.8 Å². The van der Waals surface area contributed by atoms with Crippen LogP contribution in [0, 0.1) is 0 Å². The van der Waals surface area contributed by atoms with Gasteiger partial charge in [0.05, 0.1) is 22.5 Å². The minimum Gasteiger partial charge on any atom is -0.342 e. The van der Waals surface area contributed by atoms with Crippen molar-refractivity contribution in [2.45, 2.75) is 18.1 Å². The summed E-state index contributed by atoms with van der Waals surface area (Å²) in [5.74, 6) is 0.299. The molecule has 7 heteroatoms. The molecule has 2 N–H and O–H groups in total. The van der Waals surface area contributed by atoms with Crippen molar-refractivity contribution in [2.75, 3.05) is 5.32 Å². The highest BCUT2D eigenvalue weighted by atomic mass is 32.2. The number of anilines is 1. The number of amides is 2. The van der Waals surface area contributed by atoms with Crippen molar-refractivity contribution >= 4 is 56.1 Å². The van der Waals surface area contributed by atoms with Gasteiger partial charge in [0.25, 0.3) is 5.91 Å². The number of H-pyrrole nitrogens is 1. The lowest BCUT2D eigenvalue weighted by Crippen LogP contribution is -2.21. The van der Waals surface area contributed by atoms with Crippen LogP contribution in [0.4, 0.5) is 5.69 Å². The van der Waals surface area contributed by atoms with Crippen LogP contribution in [0.5, 0.6) is 0 Å². The average Bonchev–Trinajstić information content (AvgIpc) is 3.30. The van der Waals surface area contributed by atoms with E-state index in [2.05, 4.69) is 20.3 Å². The Bertz CT molecular complexity index is 1280. The molecule has 1 atom stereocenters. The number of aromatic nitrogens is 2. The normalized spacial score (nSPS) is 16.2. The molecule has 4 aromatic rings. The smallest absolute Gasteiger partial charge is 0.260 e. The van der Waals surface area contributed by atoms with Gasteiger partial charge in [0, 0.05) is 12.1 Å². The molecule has 3 aromatic carbocycles. The van der Waals surface area contributed by atoms with Gasteiger partial charge in [-0.2, -0.15) is 0 Å². The van der Waals surface area contributed by atoms with Gasteiger partial charge < -0.3 is 10.3 Å². The summed E-state index contributed by atoms with van der Waals surface area (Å²) in [5.41, 5.74) is 2.56. The maximum Gasteiger partial charge on any atom is 0.260 e. The number of hydrogen-bond donors (Lipinski definition) is 2. The Morgan fingerprint density at radius 2 is 1.83 bits per heavy atom. The summed E-state index contributed by atoms with van der Waals surface area (Å²) >= 11 is 1.34. The van der Waals surface area contributed by atoms with Crippen LogP contribution in [0.15, 0.2) is 71.7 Å². The maximum atomic E-state index is 12.5. The molecule has 0 unspecified atom stereocenters. The topological polar surface area (TPSA) is 87.2 Å². The predicted molar refractivity (Wildman–Crippen MR) is 121 cm³/mol. The quantitative estimate of drug-likeness (QED) is 0.509. The first-order valence-electron chi connectivity index (χ1n) is 9.64.